The molecule has 6 heteroatoms. The van der Waals surface area contributed by atoms with Gasteiger partial charge in [-0.25, -0.2) is 14.4 Å². The quantitative estimate of drug-likeness (QED) is 0.522. The topological polar surface area (TPSA) is 50.3 Å². The van der Waals surface area contributed by atoms with Crippen molar-refractivity contribution in [3.05, 3.63) is 78.7 Å². The van der Waals surface area contributed by atoms with Gasteiger partial charge in [0.15, 0.2) is 0 Å². The summed E-state index contributed by atoms with van der Waals surface area (Å²) in [6.45, 7) is 3.14. The van der Waals surface area contributed by atoms with Crippen LogP contribution in [0.25, 0.3) is 22.0 Å². The Balaban J connectivity index is 1.53. The number of benzene rings is 3. The van der Waals surface area contributed by atoms with Gasteiger partial charge in [-0.3, -0.25) is 0 Å². The monoisotopic (exact) mass is 400 g/mol. The molecular weight excluding hydrogens is 379 g/mol. The Labute approximate surface area is 174 Å². The van der Waals surface area contributed by atoms with Gasteiger partial charge in [-0.15, -0.1) is 0 Å². The van der Waals surface area contributed by atoms with E-state index in [0.29, 0.717) is 5.95 Å². The van der Waals surface area contributed by atoms with E-state index >= 15 is 0 Å². The first-order valence-corrected chi connectivity index (χ1v) is 9.98. The first-order chi connectivity index (χ1) is 14.8. The van der Waals surface area contributed by atoms with Gasteiger partial charge in [-0.1, -0.05) is 42.5 Å². The lowest BCUT2D eigenvalue weighted by Gasteiger charge is -2.30. The fourth-order valence-electron chi connectivity index (χ4n) is 3.78. The van der Waals surface area contributed by atoms with Gasteiger partial charge in [-0.05, 0) is 29.8 Å². The molecule has 1 saturated heterocycles. The molecule has 1 aliphatic rings. The highest BCUT2D eigenvalue weighted by Crippen LogP contribution is 2.31. The Kier molecular flexibility index (Phi) is 4.99. The van der Waals surface area contributed by atoms with Crippen molar-refractivity contribution in [3.63, 3.8) is 0 Å². The minimum Gasteiger partial charge on any atom is -0.378 e. The molecule has 0 saturated carbocycles. The minimum absolute atomic E-state index is 0.267. The average Bonchev–Trinajstić information content (AvgIpc) is 2.80. The average molecular weight is 400 g/mol. The highest BCUT2D eigenvalue weighted by atomic mass is 19.1. The van der Waals surface area contributed by atoms with E-state index in [2.05, 4.69) is 21.3 Å². The first-order valence-electron chi connectivity index (χ1n) is 9.98. The summed E-state index contributed by atoms with van der Waals surface area (Å²) in [7, 11) is 0. The van der Waals surface area contributed by atoms with Crippen molar-refractivity contribution in [1.29, 1.82) is 0 Å². The summed E-state index contributed by atoms with van der Waals surface area (Å²) in [6, 6.07) is 20.6. The van der Waals surface area contributed by atoms with Crippen LogP contribution in [0.1, 0.15) is 0 Å². The van der Waals surface area contributed by atoms with Crippen LogP contribution in [0.4, 0.5) is 21.7 Å². The Morgan fingerprint density at radius 1 is 0.933 bits per heavy atom. The summed E-state index contributed by atoms with van der Waals surface area (Å²) in [5, 5.41) is 4.28. The second-order valence-electron chi connectivity index (χ2n) is 7.19. The molecule has 5 rings (SSSR count). The Bertz CT molecular complexity index is 1190. The third-order valence-electron chi connectivity index (χ3n) is 5.25. The van der Waals surface area contributed by atoms with Gasteiger partial charge in [0, 0.05) is 30.2 Å². The maximum absolute atomic E-state index is 13.8. The molecule has 1 fully saturated rings. The molecule has 1 aliphatic heterocycles. The number of hydrogen-bond acceptors (Lipinski definition) is 5. The zero-order valence-corrected chi connectivity index (χ0v) is 16.4. The van der Waals surface area contributed by atoms with Crippen LogP contribution >= 0.6 is 0 Å². The molecule has 3 aromatic carbocycles. The molecule has 1 aromatic heterocycles. The number of fused-ring (bicyclic) bond motifs is 1. The van der Waals surface area contributed by atoms with E-state index in [9.17, 15) is 4.39 Å². The molecule has 0 amide bonds. The summed E-state index contributed by atoms with van der Waals surface area (Å²) >= 11 is 0. The lowest BCUT2D eigenvalue weighted by atomic mass is 10.0. The molecule has 0 bridgehead atoms. The van der Waals surface area contributed by atoms with Crippen LogP contribution < -0.4 is 10.2 Å². The van der Waals surface area contributed by atoms with Crippen LogP contribution in [0.5, 0.6) is 0 Å². The van der Waals surface area contributed by atoms with Crippen molar-refractivity contribution >= 4 is 28.2 Å². The van der Waals surface area contributed by atoms with E-state index in [1.807, 2.05) is 42.5 Å². The zero-order valence-electron chi connectivity index (χ0n) is 16.4. The standard InChI is InChI=1S/C24H21FN4O/c25-19-7-3-5-17(15-19)20-8-4-6-18-16-26-24(28-23(18)20)27-21-9-1-2-10-22(21)29-11-13-30-14-12-29/h1-10,15-16H,11-14H2,(H,26,27,28). The summed E-state index contributed by atoms with van der Waals surface area (Å²) < 4.78 is 19.3. The second-order valence-corrected chi connectivity index (χ2v) is 7.19. The van der Waals surface area contributed by atoms with Gasteiger partial charge in [0.05, 0.1) is 30.1 Å². The lowest BCUT2D eigenvalue weighted by molar-refractivity contribution is 0.123. The maximum Gasteiger partial charge on any atom is 0.227 e. The van der Waals surface area contributed by atoms with Crippen LogP contribution in [0.3, 0.4) is 0 Å². The molecule has 0 aliphatic carbocycles. The maximum atomic E-state index is 13.8. The fraction of sp³-hybridized carbons (Fsp3) is 0.167. The van der Waals surface area contributed by atoms with Crippen LogP contribution in [-0.2, 0) is 4.74 Å². The van der Waals surface area contributed by atoms with Crippen molar-refractivity contribution in [2.45, 2.75) is 0 Å². The highest BCUT2D eigenvalue weighted by Gasteiger charge is 2.15. The zero-order chi connectivity index (χ0) is 20.3. The normalized spacial score (nSPS) is 14.1. The summed E-state index contributed by atoms with van der Waals surface area (Å²) in [5.41, 5.74) is 4.49. The van der Waals surface area contributed by atoms with Gasteiger partial charge >= 0.3 is 0 Å². The summed E-state index contributed by atoms with van der Waals surface area (Å²) in [6.07, 6.45) is 1.80. The van der Waals surface area contributed by atoms with Gasteiger partial charge in [-0.2, -0.15) is 0 Å². The molecule has 0 atom stereocenters. The Morgan fingerprint density at radius 3 is 2.63 bits per heavy atom. The summed E-state index contributed by atoms with van der Waals surface area (Å²) in [5.74, 6) is 0.239. The van der Waals surface area contributed by atoms with Crippen LogP contribution in [-0.4, -0.2) is 36.3 Å². The fourth-order valence-corrected chi connectivity index (χ4v) is 3.78. The molecule has 150 valence electrons. The second kappa shape index (κ2) is 8.08. The third-order valence-corrected chi connectivity index (χ3v) is 5.25. The smallest absolute Gasteiger partial charge is 0.227 e. The van der Waals surface area contributed by atoms with E-state index in [1.165, 1.54) is 12.1 Å². The number of morpholine rings is 1. The molecule has 30 heavy (non-hydrogen) atoms. The predicted octanol–water partition coefficient (Wildman–Crippen LogP) is 5.02. The number of rotatable bonds is 4. The van der Waals surface area contributed by atoms with Crippen LogP contribution in [0, 0.1) is 5.82 Å². The molecule has 1 N–H and O–H groups in total. The number of ether oxygens (including phenoxy) is 1. The van der Waals surface area contributed by atoms with Crippen molar-refractivity contribution in [2.75, 3.05) is 36.5 Å². The number of halogens is 1. The van der Waals surface area contributed by atoms with Crippen LogP contribution in [0.15, 0.2) is 72.9 Å². The SMILES string of the molecule is Fc1cccc(-c2cccc3cnc(Nc4ccccc4N4CCOCC4)nc23)c1. The number of anilines is 3. The van der Waals surface area contributed by atoms with E-state index < -0.39 is 0 Å². The lowest BCUT2D eigenvalue weighted by Crippen LogP contribution is -2.36. The van der Waals surface area contributed by atoms with Crippen molar-refractivity contribution in [3.8, 4) is 11.1 Å². The number of hydrogen-bond donors (Lipinski definition) is 1. The molecule has 2 heterocycles. The first kappa shape index (κ1) is 18.5. The van der Waals surface area contributed by atoms with E-state index in [-0.39, 0.29) is 5.82 Å². The van der Waals surface area contributed by atoms with Crippen molar-refractivity contribution in [1.82, 2.24) is 9.97 Å². The highest BCUT2D eigenvalue weighted by molar-refractivity contribution is 5.94. The Hall–Kier alpha value is -3.51. The molecule has 0 unspecified atom stereocenters. The number of para-hydroxylation sites is 3. The van der Waals surface area contributed by atoms with Gasteiger partial charge in [0.25, 0.3) is 0 Å². The van der Waals surface area contributed by atoms with Crippen molar-refractivity contribution < 1.29 is 9.13 Å². The van der Waals surface area contributed by atoms with Gasteiger partial charge in [0.2, 0.25) is 5.95 Å². The number of nitrogens with one attached hydrogen (secondary N) is 1. The summed E-state index contributed by atoms with van der Waals surface area (Å²) in [4.78, 5) is 11.6. The minimum atomic E-state index is -0.267. The Morgan fingerprint density at radius 2 is 1.77 bits per heavy atom. The van der Waals surface area contributed by atoms with Gasteiger partial charge < -0.3 is 15.0 Å². The third kappa shape index (κ3) is 3.69. The number of nitrogens with zero attached hydrogens (tertiary/aromatic N) is 3. The molecule has 0 radical (unpaired) electrons. The van der Waals surface area contributed by atoms with E-state index in [0.717, 1.165) is 59.7 Å². The van der Waals surface area contributed by atoms with Gasteiger partial charge in [0.1, 0.15) is 5.82 Å². The van der Waals surface area contributed by atoms with E-state index in [4.69, 9.17) is 9.72 Å². The largest absolute Gasteiger partial charge is 0.378 e. The number of aromatic nitrogens is 2. The predicted molar refractivity (Wildman–Crippen MR) is 118 cm³/mol. The van der Waals surface area contributed by atoms with E-state index in [1.54, 1.807) is 12.3 Å². The molecule has 5 nitrogen and oxygen atoms in total. The van der Waals surface area contributed by atoms with Crippen molar-refractivity contribution in [2.24, 2.45) is 0 Å². The van der Waals surface area contributed by atoms with Crippen LogP contribution in [0.2, 0.25) is 0 Å². The molecule has 0 spiro atoms. The molecule has 4 aromatic rings. The molecular formula is C24H21FN4O.